The predicted molar refractivity (Wildman–Crippen MR) is 99.0 cm³/mol. The fourth-order valence-corrected chi connectivity index (χ4v) is 2.90. The minimum Gasteiger partial charge on any atom is -0.453 e. The van der Waals surface area contributed by atoms with Crippen LogP contribution >= 0.6 is 12.2 Å². The summed E-state index contributed by atoms with van der Waals surface area (Å²) in [6.07, 6.45) is 2.39. The van der Waals surface area contributed by atoms with Gasteiger partial charge >= 0.3 is 5.97 Å². The first-order valence-corrected chi connectivity index (χ1v) is 8.40. The van der Waals surface area contributed by atoms with Crippen LogP contribution < -0.4 is 15.9 Å². The van der Waals surface area contributed by atoms with Gasteiger partial charge in [0.25, 0.3) is 0 Å². The van der Waals surface area contributed by atoms with E-state index in [0.717, 1.165) is 47.4 Å². The monoisotopic (exact) mass is 357 g/mol. The second kappa shape index (κ2) is 7.06. The molecule has 0 saturated carbocycles. The van der Waals surface area contributed by atoms with E-state index in [2.05, 4.69) is 10.5 Å². The first-order valence-electron chi connectivity index (χ1n) is 7.99. The molecule has 0 saturated heterocycles. The lowest BCUT2D eigenvalue weighted by Gasteiger charge is -2.13. The largest absolute Gasteiger partial charge is 0.453 e. The van der Waals surface area contributed by atoms with E-state index in [9.17, 15) is 4.79 Å². The lowest BCUT2D eigenvalue weighted by molar-refractivity contribution is 0.0698. The Morgan fingerprint density at radius 1 is 1.28 bits per heavy atom. The Morgan fingerprint density at radius 3 is 2.68 bits per heavy atom. The van der Waals surface area contributed by atoms with Crippen LogP contribution in [0.4, 0.5) is 0 Å². The number of aryl methyl sites for hydroxylation is 2. The molecule has 1 heterocycles. The molecule has 130 valence electrons. The summed E-state index contributed by atoms with van der Waals surface area (Å²) in [5.41, 5.74) is 11.5. The average Bonchev–Trinajstić information content (AvgIpc) is 2.93. The lowest BCUT2D eigenvalue weighted by atomic mass is 9.93. The fraction of sp³-hybridized carbons (Fsp3) is 0.278. The van der Waals surface area contributed by atoms with Crippen LogP contribution in [0.15, 0.2) is 33.8 Å². The molecule has 0 bridgehead atoms. The van der Waals surface area contributed by atoms with E-state index in [1.807, 2.05) is 26.0 Å². The van der Waals surface area contributed by atoms with Crippen LogP contribution in [-0.2, 0) is 6.42 Å². The third kappa shape index (κ3) is 3.71. The van der Waals surface area contributed by atoms with Gasteiger partial charge in [-0.25, -0.2) is 4.79 Å². The van der Waals surface area contributed by atoms with Gasteiger partial charge in [-0.05, 0) is 51.0 Å². The number of esters is 1. The number of benzene rings is 1. The van der Waals surface area contributed by atoms with E-state index < -0.39 is 5.97 Å². The molecule has 6 nitrogen and oxygen atoms in total. The summed E-state index contributed by atoms with van der Waals surface area (Å²) in [6.45, 7) is 3.80. The molecule has 1 aliphatic rings. The Morgan fingerprint density at radius 2 is 2.00 bits per heavy atom. The van der Waals surface area contributed by atoms with Crippen LogP contribution in [0, 0.1) is 13.8 Å². The van der Waals surface area contributed by atoms with Crippen molar-refractivity contribution >= 4 is 29.0 Å². The third-order valence-electron chi connectivity index (χ3n) is 4.04. The lowest BCUT2D eigenvalue weighted by Crippen LogP contribution is -2.26. The number of rotatable bonds is 3. The number of hydrogen-bond acceptors (Lipinski definition) is 5. The minimum atomic E-state index is -0.516. The number of furan rings is 1. The molecule has 0 amide bonds. The molecule has 25 heavy (non-hydrogen) atoms. The Bertz CT molecular complexity index is 853. The molecule has 0 atom stereocenters. The molecule has 3 N–H and O–H groups in total. The maximum Gasteiger partial charge on any atom is 0.379 e. The van der Waals surface area contributed by atoms with E-state index in [0.29, 0.717) is 5.75 Å². The van der Waals surface area contributed by atoms with Crippen molar-refractivity contribution in [2.75, 3.05) is 0 Å². The first kappa shape index (κ1) is 17.2. The number of nitrogens with zero attached hydrogens (tertiary/aromatic N) is 1. The van der Waals surface area contributed by atoms with Crippen LogP contribution in [0.3, 0.4) is 0 Å². The van der Waals surface area contributed by atoms with Gasteiger partial charge in [-0.2, -0.15) is 5.10 Å². The van der Waals surface area contributed by atoms with Crippen molar-refractivity contribution in [1.29, 1.82) is 0 Å². The summed E-state index contributed by atoms with van der Waals surface area (Å²) in [5.74, 6) is 0.907. The van der Waals surface area contributed by atoms with Crippen molar-refractivity contribution in [1.82, 2.24) is 5.43 Å². The number of carbonyl (C=O) groups is 1. The standard InChI is InChI=1S/C18H19N3O3S/c1-10-6-8-12(9-7-10)23-17(22)16-11(2)15-13(20-21-18(19)25)4-3-5-14(15)24-16/h6-9H,3-5H2,1-2H3,(H3,19,21,25)/b20-13+. The molecule has 3 rings (SSSR count). The number of carbonyl (C=O) groups excluding carboxylic acids is 1. The maximum atomic E-state index is 12.5. The van der Waals surface area contributed by atoms with Gasteiger partial charge in [-0.1, -0.05) is 17.7 Å². The molecule has 7 heteroatoms. The molecule has 0 fully saturated rings. The van der Waals surface area contributed by atoms with Gasteiger partial charge in [0.2, 0.25) is 5.76 Å². The summed E-state index contributed by atoms with van der Waals surface area (Å²) < 4.78 is 11.2. The molecule has 0 aliphatic heterocycles. The van der Waals surface area contributed by atoms with Gasteiger partial charge in [0.15, 0.2) is 5.11 Å². The summed E-state index contributed by atoms with van der Waals surface area (Å²) in [7, 11) is 0. The highest BCUT2D eigenvalue weighted by molar-refractivity contribution is 7.80. The van der Waals surface area contributed by atoms with Crippen molar-refractivity contribution in [3.63, 3.8) is 0 Å². The number of hydrogen-bond donors (Lipinski definition) is 2. The van der Waals surface area contributed by atoms with E-state index >= 15 is 0 Å². The number of fused-ring (bicyclic) bond motifs is 1. The first-order chi connectivity index (χ1) is 12.0. The molecule has 0 unspecified atom stereocenters. The third-order valence-corrected chi connectivity index (χ3v) is 4.13. The van der Waals surface area contributed by atoms with Gasteiger partial charge < -0.3 is 14.9 Å². The molecule has 0 spiro atoms. The van der Waals surface area contributed by atoms with Crippen molar-refractivity contribution in [3.8, 4) is 5.75 Å². The van der Waals surface area contributed by atoms with Gasteiger partial charge in [-0.3, -0.25) is 5.43 Å². The molecule has 1 aromatic heterocycles. The summed E-state index contributed by atoms with van der Waals surface area (Å²) in [6, 6.07) is 7.28. The zero-order valence-electron chi connectivity index (χ0n) is 14.1. The van der Waals surface area contributed by atoms with Crippen LogP contribution in [0.2, 0.25) is 0 Å². The van der Waals surface area contributed by atoms with Crippen molar-refractivity contribution in [3.05, 3.63) is 52.5 Å². The van der Waals surface area contributed by atoms with Crippen molar-refractivity contribution in [2.24, 2.45) is 10.8 Å². The van der Waals surface area contributed by atoms with E-state index in [4.69, 9.17) is 27.1 Å². The highest BCUT2D eigenvalue weighted by atomic mass is 32.1. The van der Waals surface area contributed by atoms with Gasteiger partial charge in [0.05, 0.1) is 5.71 Å². The van der Waals surface area contributed by atoms with Gasteiger partial charge in [-0.15, -0.1) is 0 Å². The van der Waals surface area contributed by atoms with Crippen LogP contribution in [0.5, 0.6) is 5.75 Å². The number of ether oxygens (including phenoxy) is 1. The predicted octanol–water partition coefficient (Wildman–Crippen LogP) is 2.99. The fourth-order valence-electron chi connectivity index (χ4n) is 2.86. The highest BCUT2D eigenvalue weighted by Crippen LogP contribution is 2.30. The van der Waals surface area contributed by atoms with E-state index in [-0.39, 0.29) is 10.9 Å². The van der Waals surface area contributed by atoms with Crippen molar-refractivity contribution in [2.45, 2.75) is 33.1 Å². The number of nitrogens with one attached hydrogen (secondary N) is 1. The second-order valence-corrected chi connectivity index (χ2v) is 6.38. The van der Waals surface area contributed by atoms with Gasteiger partial charge in [0, 0.05) is 17.5 Å². The van der Waals surface area contributed by atoms with Crippen LogP contribution in [-0.4, -0.2) is 16.8 Å². The van der Waals surface area contributed by atoms with E-state index in [1.54, 1.807) is 12.1 Å². The quantitative estimate of drug-likeness (QED) is 0.380. The Hall–Kier alpha value is -2.67. The van der Waals surface area contributed by atoms with E-state index in [1.165, 1.54) is 0 Å². The molecule has 0 radical (unpaired) electrons. The minimum absolute atomic E-state index is 0.0970. The Balaban J connectivity index is 1.88. The number of thiocarbonyl (C=S) groups is 1. The molecule has 2 aromatic rings. The summed E-state index contributed by atoms with van der Waals surface area (Å²) >= 11 is 4.79. The molecular formula is C18H19N3O3S. The smallest absolute Gasteiger partial charge is 0.379 e. The Kier molecular flexibility index (Phi) is 4.85. The maximum absolute atomic E-state index is 12.5. The second-order valence-electron chi connectivity index (χ2n) is 5.95. The topological polar surface area (TPSA) is 89.8 Å². The number of nitrogens with two attached hydrogens (primary N) is 1. The zero-order chi connectivity index (χ0) is 18.0. The highest BCUT2D eigenvalue weighted by Gasteiger charge is 2.29. The molecule has 1 aromatic carbocycles. The summed E-state index contributed by atoms with van der Waals surface area (Å²) in [4.78, 5) is 12.5. The number of hydrazone groups is 1. The van der Waals surface area contributed by atoms with Crippen molar-refractivity contribution < 1.29 is 13.9 Å². The summed E-state index contributed by atoms with van der Waals surface area (Å²) in [5, 5.41) is 4.34. The SMILES string of the molecule is Cc1ccc(OC(=O)c2oc3c(c2C)/C(=N/NC(N)=S)CCC3)cc1. The normalized spacial score (nSPS) is 14.9. The van der Waals surface area contributed by atoms with Gasteiger partial charge in [0.1, 0.15) is 11.5 Å². The molecule has 1 aliphatic carbocycles. The Labute approximate surface area is 151 Å². The zero-order valence-corrected chi connectivity index (χ0v) is 14.9. The molecular weight excluding hydrogens is 338 g/mol. The average molecular weight is 357 g/mol. The van der Waals surface area contributed by atoms with Crippen LogP contribution in [0.1, 0.15) is 45.8 Å². The van der Waals surface area contributed by atoms with Crippen LogP contribution in [0.25, 0.3) is 0 Å².